The molecule has 1 aromatic carbocycles. The molecule has 0 saturated carbocycles. The van der Waals surface area contributed by atoms with Crippen molar-refractivity contribution in [2.45, 2.75) is 12.4 Å². The minimum atomic E-state index is -5.25. The number of alkyl halides is 6. The number of anilines is 1. The summed E-state index contributed by atoms with van der Waals surface area (Å²) in [5.74, 6) is -2.46. The predicted molar refractivity (Wildman–Crippen MR) is 45.0 cm³/mol. The van der Waals surface area contributed by atoms with Crippen LogP contribution in [0.1, 0.15) is 5.56 Å². The SMILES string of the molecule is O=C(Nc1cc[c]cc1C(F)(F)F)C(F)(F)F. The molecule has 0 unspecified atom stereocenters. The molecule has 0 spiro atoms. The fourth-order valence-corrected chi connectivity index (χ4v) is 0.967. The van der Waals surface area contributed by atoms with Gasteiger partial charge in [-0.2, -0.15) is 26.3 Å². The Kier molecular flexibility index (Phi) is 3.35. The first kappa shape index (κ1) is 13.3. The van der Waals surface area contributed by atoms with Crippen molar-refractivity contribution in [3.8, 4) is 0 Å². The molecular weight excluding hydrogens is 252 g/mol. The minimum Gasteiger partial charge on any atom is -0.318 e. The first-order valence-electron chi connectivity index (χ1n) is 4.08. The number of carbonyl (C=O) groups is 1. The van der Waals surface area contributed by atoms with Crippen molar-refractivity contribution in [2.24, 2.45) is 0 Å². The molecule has 17 heavy (non-hydrogen) atoms. The molecule has 0 aliphatic rings. The van der Waals surface area contributed by atoms with Crippen molar-refractivity contribution < 1.29 is 31.1 Å². The molecule has 1 rings (SSSR count). The fraction of sp³-hybridized carbons (Fsp3) is 0.222. The third kappa shape index (κ3) is 3.36. The van der Waals surface area contributed by atoms with Crippen molar-refractivity contribution >= 4 is 11.6 Å². The third-order valence-corrected chi connectivity index (χ3v) is 1.68. The molecule has 1 aromatic rings. The molecule has 8 heteroatoms. The van der Waals surface area contributed by atoms with Crippen molar-refractivity contribution in [2.75, 3.05) is 5.32 Å². The number of benzene rings is 1. The highest BCUT2D eigenvalue weighted by Gasteiger charge is 2.40. The van der Waals surface area contributed by atoms with E-state index in [0.29, 0.717) is 12.1 Å². The summed E-state index contributed by atoms with van der Waals surface area (Å²) in [5.41, 5.74) is -2.35. The molecule has 0 heterocycles. The zero-order valence-electron chi connectivity index (χ0n) is 7.91. The lowest BCUT2D eigenvalue weighted by molar-refractivity contribution is -0.167. The van der Waals surface area contributed by atoms with E-state index in [1.165, 1.54) is 0 Å². The lowest BCUT2D eigenvalue weighted by Crippen LogP contribution is -2.30. The smallest absolute Gasteiger partial charge is 0.318 e. The summed E-state index contributed by atoms with van der Waals surface area (Å²) in [5, 5.41) is 1.15. The first-order chi connectivity index (χ1) is 7.62. The van der Waals surface area contributed by atoms with Gasteiger partial charge in [-0.3, -0.25) is 4.79 Å². The maximum Gasteiger partial charge on any atom is 0.471 e. The van der Waals surface area contributed by atoms with Crippen LogP contribution in [0, 0.1) is 6.07 Å². The highest BCUT2D eigenvalue weighted by molar-refractivity contribution is 5.95. The Morgan fingerprint density at radius 1 is 1.18 bits per heavy atom. The van der Waals surface area contributed by atoms with Crippen LogP contribution in [0.2, 0.25) is 0 Å². The van der Waals surface area contributed by atoms with Crippen LogP contribution in [0.15, 0.2) is 18.2 Å². The lowest BCUT2D eigenvalue weighted by atomic mass is 10.1. The lowest BCUT2D eigenvalue weighted by Gasteiger charge is -2.14. The molecule has 93 valence electrons. The summed E-state index contributed by atoms with van der Waals surface area (Å²) >= 11 is 0. The summed E-state index contributed by atoms with van der Waals surface area (Å²) in [6.45, 7) is 0. The van der Waals surface area contributed by atoms with Gasteiger partial charge in [0.2, 0.25) is 0 Å². The molecule has 1 radical (unpaired) electrons. The second-order valence-electron chi connectivity index (χ2n) is 2.92. The zero-order valence-corrected chi connectivity index (χ0v) is 7.91. The number of amides is 1. The average Bonchev–Trinajstić information content (AvgIpc) is 2.15. The van der Waals surface area contributed by atoms with Gasteiger partial charge in [-0.25, -0.2) is 0 Å². The topological polar surface area (TPSA) is 29.1 Å². The van der Waals surface area contributed by atoms with Gasteiger partial charge in [0.05, 0.1) is 11.3 Å². The van der Waals surface area contributed by atoms with E-state index in [1.807, 2.05) is 0 Å². The molecule has 0 aliphatic heterocycles. The van der Waals surface area contributed by atoms with Gasteiger partial charge in [-0.1, -0.05) is 6.07 Å². The molecule has 0 fully saturated rings. The van der Waals surface area contributed by atoms with E-state index >= 15 is 0 Å². The van der Waals surface area contributed by atoms with E-state index in [-0.39, 0.29) is 0 Å². The van der Waals surface area contributed by atoms with E-state index in [0.717, 1.165) is 11.4 Å². The van der Waals surface area contributed by atoms with Crippen LogP contribution in [0.25, 0.3) is 0 Å². The van der Waals surface area contributed by atoms with Gasteiger partial charge in [0.15, 0.2) is 0 Å². The second-order valence-corrected chi connectivity index (χ2v) is 2.92. The molecule has 0 atom stereocenters. The van der Waals surface area contributed by atoms with Gasteiger partial charge in [0.1, 0.15) is 0 Å². The number of hydrogen-bond donors (Lipinski definition) is 1. The van der Waals surface area contributed by atoms with Crippen LogP contribution < -0.4 is 5.32 Å². The van der Waals surface area contributed by atoms with Gasteiger partial charge in [-0.15, -0.1) is 0 Å². The number of halogens is 6. The standard InChI is InChI=1S/C9H4F6NO/c10-8(11,12)5-3-1-2-4-6(5)16-7(17)9(13,14)15/h2-4H,(H,16,17). The Morgan fingerprint density at radius 2 is 1.76 bits per heavy atom. The summed E-state index contributed by atoms with van der Waals surface area (Å²) in [7, 11) is 0. The Hall–Kier alpha value is -1.73. The second kappa shape index (κ2) is 4.27. The van der Waals surface area contributed by atoms with E-state index in [4.69, 9.17) is 0 Å². The van der Waals surface area contributed by atoms with Crippen LogP contribution in [0.5, 0.6) is 0 Å². The number of rotatable bonds is 1. The van der Waals surface area contributed by atoms with E-state index in [1.54, 1.807) is 0 Å². The monoisotopic (exact) mass is 256 g/mol. The van der Waals surface area contributed by atoms with Crippen LogP contribution in [-0.2, 0) is 11.0 Å². The van der Waals surface area contributed by atoms with Crippen molar-refractivity contribution in [3.63, 3.8) is 0 Å². The van der Waals surface area contributed by atoms with Crippen molar-refractivity contribution in [1.29, 1.82) is 0 Å². The molecular formula is C9H4F6NO. The quantitative estimate of drug-likeness (QED) is 0.769. The van der Waals surface area contributed by atoms with Crippen LogP contribution in [-0.4, -0.2) is 12.1 Å². The van der Waals surface area contributed by atoms with Crippen LogP contribution in [0.4, 0.5) is 32.0 Å². The minimum absolute atomic E-state index is 0.450. The zero-order chi connectivity index (χ0) is 13.3. The molecule has 2 nitrogen and oxygen atoms in total. The Bertz CT molecular complexity index is 422. The first-order valence-corrected chi connectivity index (χ1v) is 4.08. The summed E-state index contributed by atoms with van der Waals surface area (Å²) in [4.78, 5) is 10.5. The highest BCUT2D eigenvalue weighted by Crippen LogP contribution is 2.34. The van der Waals surface area contributed by atoms with Crippen molar-refractivity contribution in [1.82, 2.24) is 0 Å². The van der Waals surface area contributed by atoms with Gasteiger partial charge in [0.25, 0.3) is 0 Å². The molecule has 0 aliphatic carbocycles. The molecule has 1 amide bonds. The van der Waals surface area contributed by atoms with Crippen molar-refractivity contribution in [3.05, 3.63) is 29.8 Å². The predicted octanol–water partition coefficient (Wildman–Crippen LogP) is 3.01. The normalized spacial score (nSPS) is 12.4. The highest BCUT2D eigenvalue weighted by atomic mass is 19.4. The number of nitrogens with one attached hydrogen (secondary N) is 1. The van der Waals surface area contributed by atoms with E-state index in [2.05, 4.69) is 6.07 Å². The van der Waals surface area contributed by atoms with E-state index in [9.17, 15) is 31.1 Å². The van der Waals surface area contributed by atoms with Gasteiger partial charge in [0, 0.05) is 0 Å². The number of carbonyl (C=O) groups excluding carboxylic acids is 1. The molecule has 0 aromatic heterocycles. The van der Waals surface area contributed by atoms with E-state index < -0.39 is 29.5 Å². The van der Waals surface area contributed by atoms with Gasteiger partial charge >= 0.3 is 18.3 Å². The van der Waals surface area contributed by atoms with Gasteiger partial charge < -0.3 is 5.32 Å². The Balaban J connectivity index is 3.04. The molecule has 0 saturated heterocycles. The summed E-state index contributed by atoms with van der Waals surface area (Å²) in [6, 6.07) is 4.16. The largest absolute Gasteiger partial charge is 0.471 e. The average molecular weight is 256 g/mol. The van der Waals surface area contributed by atoms with Gasteiger partial charge in [-0.05, 0) is 18.2 Å². The molecule has 1 N–H and O–H groups in total. The summed E-state index contributed by atoms with van der Waals surface area (Å²) in [6.07, 6.45) is -10.1. The third-order valence-electron chi connectivity index (χ3n) is 1.68. The van der Waals surface area contributed by atoms with Crippen LogP contribution >= 0.6 is 0 Å². The Labute approximate surface area is 91.2 Å². The Morgan fingerprint density at radius 3 is 2.24 bits per heavy atom. The number of hydrogen-bond acceptors (Lipinski definition) is 1. The maximum atomic E-state index is 12.3. The van der Waals surface area contributed by atoms with Crippen LogP contribution in [0.3, 0.4) is 0 Å². The molecule has 0 bridgehead atoms. The summed E-state index contributed by atoms with van der Waals surface area (Å²) < 4.78 is 72.6. The maximum absolute atomic E-state index is 12.3. The fourth-order valence-electron chi connectivity index (χ4n) is 0.967.